The fraction of sp³-hybridized carbons (Fsp3) is 0.500. The Morgan fingerprint density at radius 1 is 1.02 bits per heavy atom. The van der Waals surface area contributed by atoms with E-state index in [-0.39, 0.29) is 71.0 Å². The molecule has 0 bridgehead atoms. The van der Waals surface area contributed by atoms with Crippen LogP contribution in [0.25, 0.3) is 11.1 Å². The summed E-state index contributed by atoms with van der Waals surface area (Å²) < 4.78 is 34.6. The Balaban J connectivity index is 1.22. The molecule has 0 radical (unpaired) electrons. The van der Waals surface area contributed by atoms with Gasteiger partial charge in [0.15, 0.2) is 5.58 Å². The number of nitrogens with two attached hydrogens (primary N) is 1. The molecule has 2 aromatic carbocycles. The van der Waals surface area contributed by atoms with Gasteiger partial charge in [0.1, 0.15) is 11.1 Å². The van der Waals surface area contributed by atoms with Crippen molar-refractivity contribution in [1.82, 2.24) is 20.5 Å². The zero-order chi connectivity index (χ0) is 35.1. The lowest BCUT2D eigenvalue weighted by atomic mass is 9.91. The maximum atomic E-state index is 13.6. The van der Waals surface area contributed by atoms with Gasteiger partial charge in [-0.25, -0.2) is 23.3 Å². The summed E-state index contributed by atoms with van der Waals surface area (Å²) in [4.78, 5) is 57.0. The van der Waals surface area contributed by atoms with Gasteiger partial charge < -0.3 is 24.7 Å². The summed E-state index contributed by atoms with van der Waals surface area (Å²) >= 11 is 0. The predicted molar refractivity (Wildman–Crippen MR) is 178 cm³/mol. The molecule has 13 nitrogen and oxygen atoms in total. The van der Waals surface area contributed by atoms with Crippen LogP contribution in [0.1, 0.15) is 82.0 Å². The molecule has 4 rings (SSSR count). The molecule has 260 valence electrons. The smallest absolute Gasteiger partial charge is 0.410 e. The normalized spacial score (nSPS) is 15.5. The number of ketones is 1. The van der Waals surface area contributed by atoms with Gasteiger partial charge in [-0.05, 0) is 76.1 Å². The molecule has 2 heterocycles. The lowest BCUT2D eigenvalue weighted by Gasteiger charge is -2.33. The number of aromatic nitrogens is 1. The van der Waals surface area contributed by atoms with Crippen LogP contribution < -0.4 is 15.8 Å². The molecule has 1 fully saturated rings. The first-order chi connectivity index (χ1) is 22.6. The number of hydrogen-bond donors (Lipinski definition) is 3. The van der Waals surface area contributed by atoms with Crippen molar-refractivity contribution in [1.29, 1.82) is 0 Å². The predicted octanol–water partition coefficient (Wildman–Crippen LogP) is 4.13. The molecule has 48 heavy (non-hydrogen) atoms. The van der Waals surface area contributed by atoms with Gasteiger partial charge in [-0.3, -0.25) is 14.4 Å². The molecule has 1 aliphatic heterocycles. The lowest BCUT2D eigenvalue weighted by Crippen LogP contribution is -2.45. The minimum atomic E-state index is -3.96. The lowest BCUT2D eigenvalue weighted by molar-refractivity contribution is -0.126. The Morgan fingerprint density at radius 2 is 1.69 bits per heavy atom. The summed E-state index contributed by atoms with van der Waals surface area (Å²) in [7, 11) is -3.96. The Morgan fingerprint density at radius 3 is 2.33 bits per heavy atom. The molecule has 1 aliphatic rings. The number of carbonyl (C=O) groups excluding carboxylic acids is 4. The first-order valence-corrected chi connectivity index (χ1v) is 17.7. The number of rotatable bonds is 13. The van der Waals surface area contributed by atoms with Crippen LogP contribution in [-0.2, 0) is 24.3 Å². The zero-order valence-electron chi connectivity index (χ0n) is 27.9. The van der Waals surface area contributed by atoms with E-state index < -0.39 is 27.3 Å². The van der Waals surface area contributed by atoms with Gasteiger partial charge in [-0.1, -0.05) is 37.3 Å². The number of Topliss-reactive ketones (excluding diaryl/α,β-unsaturated/α-hetero) is 1. The second kappa shape index (κ2) is 15.7. The minimum absolute atomic E-state index is 0.00726. The molecule has 3 aromatic rings. The van der Waals surface area contributed by atoms with Crippen LogP contribution in [0.2, 0.25) is 0 Å². The van der Waals surface area contributed by atoms with Crippen LogP contribution in [0.3, 0.4) is 0 Å². The van der Waals surface area contributed by atoms with Crippen LogP contribution in [0.15, 0.2) is 57.8 Å². The molecule has 14 heteroatoms. The number of primary sulfonamides is 1. The van der Waals surface area contributed by atoms with E-state index in [1.54, 1.807) is 4.90 Å². The fourth-order valence-electron chi connectivity index (χ4n) is 5.56. The molecule has 0 saturated carbocycles. The van der Waals surface area contributed by atoms with Crippen molar-refractivity contribution in [3.8, 4) is 0 Å². The first-order valence-electron chi connectivity index (χ1n) is 16.2. The number of likely N-dealkylation sites (tertiary alicyclic amines) is 1. The van der Waals surface area contributed by atoms with Gasteiger partial charge in [0.05, 0.1) is 10.8 Å². The first kappa shape index (κ1) is 36.5. The highest BCUT2D eigenvalue weighted by atomic mass is 32.2. The van der Waals surface area contributed by atoms with Crippen molar-refractivity contribution >= 4 is 44.8 Å². The van der Waals surface area contributed by atoms with Crippen LogP contribution in [0.5, 0.6) is 0 Å². The van der Waals surface area contributed by atoms with Gasteiger partial charge in [0, 0.05) is 38.5 Å². The van der Waals surface area contributed by atoms with E-state index in [1.165, 1.54) is 18.2 Å². The Hall–Kier alpha value is -4.30. The number of carbonyl (C=O) groups is 4. The number of sulfonamides is 1. The number of oxazole rings is 1. The van der Waals surface area contributed by atoms with E-state index in [9.17, 15) is 27.6 Å². The van der Waals surface area contributed by atoms with E-state index in [1.807, 2.05) is 58.0 Å². The van der Waals surface area contributed by atoms with Crippen molar-refractivity contribution in [2.75, 3.05) is 26.2 Å². The molecule has 4 N–H and O–H groups in total. The van der Waals surface area contributed by atoms with E-state index in [0.29, 0.717) is 38.9 Å². The molecule has 2 atom stereocenters. The molecule has 3 amide bonds. The molecule has 0 aliphatic carbocycles. The van der Waals surface area contributed by atoms with E-state index in [2.05, 4.69) is 15.6 Å². The summed E-state index contributed by atoms with van der Waals surface area (Å²) in [6.45, 7) is 9.01. The number of piperidine rings is 1. The monoisotopic (exact) mass is 683 g/mol. The average molecular weight is 684 g/mol. The van der Waals surface area contributed by atoms with Crippen molar-refractivity contribution in [3.05, 3.63) is 60.0 Å². The minimum Gasteiger partial charge on any atom is -0.444 e. The summed E-state index contributed by atoms with van der Waals surface area (Å²) in [6.07, 6.45) is 1.94. The summed E-state index contributed by atoms with van der Waals surface area (Å²) in [5.74, 6) is -1.61. The van der Waals surface area contributed by atoms with Gasteiger partial charge in [-0.15, -0.1) is 0 Å². The second-order valence-corrected chi connectivity index (χ2v) is 14.9. The van der Waals surface area contributed by atoms with E-state index in [4.69, 9.17) is 14.3 Å². The summed E-state index contributed by atoms with van der Waals surface area (Å²) in [5.41, 5.74) is 0.604. The van der Waals surface area contributed by atoms with Crippen molar-refractivity contribution < 1.29 is 36.7 Å². The van der Waals surface area contributed by atoms with Crippen LogP contribution in [-0.4, -0.2) is 73.8 Å². The highest BCUT2D eigenvalue weighted by molar-refractivity contribution is 7.89. The number of nitrogens with one attached hydrogen (secondary N) is 2. The third-order valence-electron chi connectivity index (χ3n) is 8.16. The number of hydrogen-bond acceptors (Lipinski definition) is 9. The average Bonchev–Trinajstić information content (AvgIpc) is 3.46. The van der Waals surface area contributed by atoms with Crippen molar-refractivity contribution in [2.45, 2.75) is 76.2 Å². The Kier molecular flexibility index (Phi) is 12.0. The van der Waals surface area contributed by atoms with Gasteiger partial charge >= 0.3 is 6.09 Å². The van der Waals surface area contributed by atoms with Crippen molar-refractivity contribution in [2.24, 2.45) is 17.0 Å². The third-order valence-corrected chi connectivity index (χ3v) is 9.07. The SMILES string of the molecule is CC(CCNC(=O)C1CCN(C(=O)OC(C)(C)C)CC1)CC(=O)NCCC(C(=O)c1nc2cc(S(N)(=O)=O)ccc2o1)c1ccccc1. The van der Waals surface area contributed by atoms with Gasteiger partial charge in [0.25, 0.3) is 5.89 Å². The topological polar surface area (TPSA) is 191 Å². The van der Waals surface area contributed by atoms with E-state index >= 15 is 0 Å². The maximum Gasteiger partial charge on any atom is 0.410 e. The maximum absolute atomic E-state index is 13.6. The number of benzene rings is 2. The summed E-state index contributed by atoms with van der Waals surface area (Å²) in [6, 6.07) is 13.0. The highest BCUT2D eigenvalue weighted by Gasteiger charge is 2.30. The van der Waals surface area contributed by atoms with Crippen LogP contribution >= 0.6 is 0 Å². The number of ether oxygens (including phenoxy) is 1. The van der Waals surface area contributed by atoms with Crippen molar-refractivity contribution in [3.63, 3.8) is 0 Å². The summed E-state index contributed by atoms with van der Waals surface area (Å²) in [5, 5.41) is 11.1. The second-order valence-electron chi connectivity index (χ2n) is 13.3. The number of fused-ring (bicyclic) bond motifs is 1. The highest BCUT2D eigenvalue weighted by Crippen LogP contribution is 2.27. The standard InChI is InChI=1S/C34H45N5O8S/c1-22(12-16-37-31(42)24-14-18-39(19-15-24)33(43)47-34(2,3)4)20-29(40)36-17-13-26(23-8-6-5-7-9-23)30(41)32-38-27-21-25(48(35,44)45)10-11-28(27)46-32/h5-11,21-22,24,26H,12-20H2,1-4H3,(H,36,40)(H,37,42)(H2,35,44,45). The number of nitrogens with zero attached hydrogens (tertiary/aromatic N) is 2. The zero-order valence-corrected chi connectivity index (χ0v) is 28.7. The molecule has 2 unspecified atom stereocenters. The fourth-order valence-corrected chi connectivity index (χ4v) is 6.09. The quantitative estimate of drug-likeness (QED) is 0.222. The molecule has 1 saturated heterocycles. The van der Waals surface area contributed by atoms with Crippen LogP contribution in [0.4, 0.5) is 4.79 Å². The van der Waals surface area contributed by atoms with Gasteiger partial charge in [-0.2, -0.15) is 0 Å². The Labute approximate surface area is 281 Å². The number of amides is 3. The molecule has 1 aromatic heterocycles. The largest absolute Gasteiger partial charge is 0.444 e. The van der Waals surface area contributed by atoms with E-state index in [0.717, 1.165) is 5.56 Å². The molecular formula is C34H45N5O8S. The molecule has 0 spiro atoms. The Bertz CT molecular complexity index is 1710. The van der Waals surface area contributed by atoms with Crippen LogP contribution in [0, 0.1) is 11.8 Å². The molecular weight excluding hydrogens is 638 g/mol. The third kappa shape index (κ3) is 10.3. The van der Waals surface area contributed by atoms with Gasteiger partial charge in [0.2, 0.25) is 27.6 Å².